The lowest BCUT2D eigenvalue weighted by Crippen LogP contribution is -2.10. The minimum absolute atomic E-state index is 0.0472. The summed E-state index contributed by atoms with van der Waals surface area (Å²) < 4.78 is 6.04. The lowest BCUT2D eigenvalue weighted by Gasteiger charge is -2.20. The summed E-state index contributed by atoms with van der Waals surface area (Å²) in [6, 6.07) is 11.8. The molecule has 0 unspecified atom stereocenters. The highest BCUT2D eigenvalue weighted by molar-refractivity contribution is 6.32. The smallest absolute Gasteiger partial charge is 0.146 e. The van der Waals surface area contributed by atoms with Crippen molar-refractivity contribution in [2.75, 3.05) is 5.73 Å². The maximum atomic E-state index is 6.45. The molecule has 0 radical (unpaired) electrons. The SMILES string of the molecule is CC(C)(C)c1ccc(Oc2ccc3nc4c(c(N)c3c2)CCC4)c(Cl)c1. The Labute approximate surface area is 159 Å². The zero-order valence-electron chi connectivity index (χ0n) is 15.4. The van der Waals surface area contributed by atoms with E-state index >= 15 is 0 Å². The Morgan fingerprint density at radius 2 is 1.88 bits per heavy atom. The van der Waals surface area contributed by atoms with Gasteiger partial charge in [-0.25, -0.2) is 0 Å². The highest BCUT2D eigenvalue weighted by Crippen LogP contribution is 2.37. The molecule has 1 heterocycles. The molecule has 4 rings (SSSR count). The van der Waals surface area contributed by atoms with E-state index in [1.54, 1.807) is 0 Å². The van der Waals surface area contributed by atoms with Gasteiger partial charge < -0.3 is 10.5 Å². The Bertz CT molecular complexity index is 1010. The number of nitrogen functional groups attached to an aromatic ring is 1. The van der Waals surface area contributed by atoms with Gasteiger partial charge in [-0.2, -0.15) is 0 Å². The molecule has 134 valence electrons. The molecule has 0 aliphatic heterocycles. The van der Waals surface area contributed by atoms with Crippen molar-refractivity contribution in [2.24, 2.45) is 0 Å². The van der Waals surface area contributed by atoms with Crippen LogP contribution in [-0.2, 0) is 18.3 Å². The quantitative estimate of drug-likeness (QED) is 0.600. The van der Waals surface area contributed by atoms with Crippen LogP contribution >= 0.6 is 11.6 Å². The van der Waals surface area contributed by atoms with Gasteiger partial charge in [0.15, 0.2) is 0 Å². The first kappa shape index (κ1) is 17.2. The van der Waals surface area contributed by atoms with Crippen molar-refractivity contribution in [3.8, 4) is 11.5 Å². The second kappa shape index (κ2) is 6.17. The molecule has 0 saturated heterocycles. The van der Waals surface area contributed by atoms with Gasteiger partial charge >= 0.3 is 0 Å². The van der Waals surface area contributed by atoms with Crippen LogP contribution in [-0.4, -0.2) is 4.98 Å². The lowest BCUT2D eigenvalue weighted by atomic mass is 9.87. The number of fused-ring (bicyclic) bond motifs is 2. The first-order valence-electron chi connectivity index (χ1n) is 9.02. The minimum atomic E-state index is 0.0472. The summed E-state index contributed by atoms with van der Waals surface area (Å²) >= 11 is 6.45. The molecule has 0 fully saturated rings. The van der Waals surface area contributed by atoms with Crippen LogP contribution < -0.4 is 10.5 Å². The van der Waals surface area contributed by atoms with Gasteiger partial charge in [0, 0.05) is 16.8 Å². The number of nitrogens with zero attached hydrogens (tertiary/aromatic N) is 1. The molecular weight excluding hydrogens is 344 g/mol. The zero-order valence-corrected chi connectivity index (χ0v) is 16.2. The van der Waals surface area contributed by atoms with E-state index in [4.69, 9.17) is 27.1 Å². The Hall–Kier alpha value is -2.26. The van der Waals surface area contributed by atoms with E-state index in [0.717, 1.165) is 41.5 Å². The fourth-order valence-corrected chi connectivity index (χ4v) is 3.74. The van der Waals surface area contributed by atoms with Crippen molar-refractivity contribution in [3.05, 3.63) is 58.2 Å². The Balaban J connectivity index is 1.70. The third-order valence-corrected chi connectivity index (χ3v) is 5.35. The van der Waals surface area contributed by atoms with Crippen molar-refractivity contribution < 1.29 is 4.74 Å². The predicted octanol–water partition coefficient (Wildman–Crippen LogP) is 6.05. The van der Waals surface area contributed by atoms with Gasteiger partial charge in [-0.05, 0) is 66.1 Å². The van der Waals surface area contributed by atoms with Crippen LogP contribution in [0.5, 0.6) is 11.5 Å². The number of halogens is 1. The van der Waals surface area contributed by atoms with E-state index in [2.05, 4.69) is 26.8 Å². The molecule has 0 atom stereocenters. The Morgan fingerprint density at radius 1 is 1.08 bits per heavy atom. The fraction of sp³-hybridized carbons (Fsp3) is 0.318. The Kier molecular flexibility index (Phi) is 4.07. The third-order valence-electron chi connectivity index (χ3n) is 5.05. The predicted molar refractivity (Wildman–Crippen MR) is 108 cm³/mol. The second-order valence-electron chi connectivity index (χ2n) is 7.98. The minimum Gasteiger partial charge on any atom is -0.456 e. The molecule has 0 amide bonds. The van der Waals surface area contributed by atoms with Crippen molar-refractivity contribution in [1.82, 2.24) is 4.98 Å². The average Bonchev–Trinajstić information content (AvgIpc) is 3.05. The maximum absolute atomic E-state index is 6.45. The number of aryl methyl sites for hydroxylation is 1. The van der Waals surface area contributed by atoms with E-state index < -0.39 is 0 Å². The van der Waals surface area contributed by atoms with Crippen LogP contribution in [0.4, 0.5) is 5.69 Å². The number of aromatic nitrogens is 1. The standard InChI is InChI=1S/C22H23ClN2O/c1-22(2,3)13-7-10-20(17(23)11-13)26-14-8-9-19-16(12-14)21(24)15-5-4-6-18(15)25-19/h7-12H,4-6H2,1-3H3,(H2,24,25). The van der Waals surface area contributed by atoms with Crippen molar-refractivity contribution in [2.45, 2.75) is 45.4 Å². The van der Waals surface area contributed by atoms with Gasteiger partial charge in [0.05, 0.1) is 10.5 Å². The van der Waals surface area contributed by atoms with Crippen molar-refractivity contribution in [3.63, 3.8) is 0 Å². The van der Waals surface area contributed by atoms with Crippen LogP contribution in [0.1, 0.15) is 44.0 Å². The van der Waals surface area contributed by atoms with E-state index in [1.807, 2.05) is 30.3 Å². The maximum Gasteiger partial charge on any atom is 0.146 e. The molecule has 0 bridgehead atoms. The summed E-state index contributed by atoms with van der Waals surface area (Å²) in [6.07, 6.45) is 3.15. The molecule has 2 N–H and O–H groups in total. The normalized spacial score (nSPS) is 13.8. The van der Waals surface area contributed by atoms with Crippen LogP contribution in [0, 0.1) is 0 Å². The number of pyridine rings is 1. The summed E-state index contributed by atoms with van der Waals surface area (Å²) in [6.45, 7) is 6.49. The number of anilines is 1. The number of nitrogens with two attached hydrogens (primary N) is 1. The molecule has 0 spiro atoms. The van der Waals surface area contributed by atoms with Gasteiger partial charge in [0.25, 0.3) is 0 Å². The lowest BCUT2D eigenvalue weighted by molar-refractivity contribution is 0.482. The first-order valence-corrected chi connectivity index (χ1v) is 9.39. The number of hydrogen-bond acceptors (Lipinski definition) is 3. The van der Waals surface area contributed by atoms with Crippen molar-refractivity contribution >= 4 is 28.2 Å². The monoisotopic (exact) mass is 366 g/mol. The molecule has 26 heavy (non-hydrogen) atoms. The summed E-state index contributed by atoms with van der Waals surface area (Å²) in [7, 11) is 0. The largest absolute Gasteiger partial charge is 0.456 e. The number of rotatable bonds is 2. The molecule has 0 saturated carbocycles. The Morgan fingerprint density at radius 3 is 2.62 bits per heavy atom. The molecule has 3 nitrogen and oxygen atoms in total. The number of ether oxygens (including phenoxy) is 1. The third kappa shape index (κ3) is 3.01. The molecule has 1 aliphatic rings. The van der Waals surface area contributed by atoms with Gasteiger partial charge in [-0.3, -0.25) is 4.98 Å². The fourth-order valence-electron chi connectivity index (χ4n) is 3.52. The van der Waals surface area contributed by atoms with Crippen molar-refractivity contribution in [1.29, 1.82) is 0 Å². The molecule has 4 heteroatoms. The van der Waals surface area contributed by atoms with Crippen LogP contribution in [0.3, 0.4) is 0 Å². The molecule has 3 aromatic rings. The molecule has 1 aliphatic carbocycles. The van der Waals surface area contributed by atoms with Gasteiger partial charge in [0.1, 0.15) is 11.5 Å². The number of benzene rings is 2. The van der Waals surface area contributed by atoms with Gasteiger partial charge in [-0.1, -0.05) is 38.4 Å². The molecule has 1 aromatic heterocycles. The summed E-state index contributed by atoms with van der Waals surface area (Å²) in [5.41, 5.74) is 11.7. The van der Waals surface area contributed by atoms with Crippen LogP contribution in [0.15, 0.2) is 36.4 Å². The first-order chi connectivity index (χ1) is 12.3. The summed E-state index contributed by atoms with van der Waals surface area (Å²) in [5, 5.41) is 1.56. The zero-order chi connectivity index (χ0) is 18.5. The van der Waals surface area contributed by atoms with E-state index in [-0.39, 0.29) is 5.41 Å². The van der Waals surface area contributed by atoms with Gasteiger partial charge in [-0.15, -0.1) is 0 Å². The number of hydrogen-bond donors (Lipinski definition) is 1. The van der Waals surface area contributed by atoms with Gasteiger partial charge in [0.2, 0.25) is 0 Å². The van der Waals surface area contributed by atoms with E-state index in [1.165, 1.54) is 11.1 Å². The molecular formula is C22H23ClN2O. The highest BCUT2D eigenvalue weighted by Gasteiger charge is 2.19. The van der Waals surface area contributed by atoms with Crippen LogP contribution in [0.25, 0.3) is 10.9 Å². The summed E-state index contributed by atoms with van der Waals surface area (Å²) in [4.78, 5) is 4.76. The topological polar surface area (TPSA) is 48.1 Å². The van der Waals surface area contributed by atoms with E-state index in [0.29, 0.717) is 16.5 Å². The van der Waals surface area contributed by atoms with Crippen LogP contribution in [0.2, 0.25) is 5.02 Å². The average molecular weight is 367 g/mol. The summed E-state index contributed by atoms with van der Waals surface area (Å²) in [5.74, 6) is 1.36. The van der Waals surface area contributed by atoms with E-state index in [9.17, 15) is 0 Å². The molecule has 2 aromatic carbocycles. The highest BCUT2D eigenvalue weighted by atomic mass is 35.5. The second-order valence-corrected chi connectivity index (χ2v) is 8.39.